The summed E-state index contributed by atoms with van der Waals surface area (Å²) in [6.07, 6.45) is 2.54. The molecule has 17 heavy (non-hydrogen) atoms. The molecular formula is C11H22N4O2. The molecule has 0 fully saturated rings. The SMILES string of the molecule is CC(C)[C@@H](CO)NCc1cn(CCCO)nn1. The summed E-state index contributed by atoms with van der Waals surface area (Å²) in [5.41, 5.74) is 0.849. The van der Waals surface area contributed by atoms with Gasteiger partial charge in [-0.1, -0.05) is 19.1 Å². The number of aliphatic hydroxyl groups is 2. The molecule has 1 atom stereocenters. The fourth-order valence-electron chi connectivity index (χ4n) is 1.51. The van der Waals surface area contributed by atoms with Crippen molar-refractivity contribution in [1.82, 2.24) is 20.3 Å². The molecule has 6 heteroatoms. The van der Waals surface area contributed by atoms with Gasteiger partial charge in [-0.2, -0.15) is 0 Å². The maximum atomic E-state index is 9.16. The fourth-order valence-corrected chi connectivity index (χ4v) is 1.51. The van der Waals surface area contributed by atoms with Gasteiger partial charge in [0.15, 0.2) is 0 Å². The third-order valence-electron chi connectivity index (χ3n) is 2.68. The standard InChI is InChI=1S/C11H22N4O2/c1-9(2)11(8-17)12-6-10-7-15(14-13-10)4-3-5-16/h7,9,11-12,16-17H,3-6,8H2,1-2H3/t11-/m1/s1. The average Bonchev–Trinajstić information content (AvgIpc) is 2.75. The van der Waals surface area contributed by atoms with Crippen LogP contribution >= 0.6 is 0 Å². The van der Waals surface area contributed by atoms with Crippen LogP contribution in [0.2, 0.25) is 0 Å². The van der Waals surface area contributed by atoms with E-state index in [4.69, 9.17) is 10.2 Å². The minimum absolute atomic E-state index is 0.0811. The molecule has 1 aromatic heterocycles. The van der Waals surface area contributed by atoms with Crippen molar-refractivity contribution in [2.24, 2.45) is 5.92 Å². The summed E-state index contributed by atoms with van der Waals surface area (Å²) >= 11 is 0. The normalized spacial score (nSPS) is 13.2. The molecule has 0 unspecified atom stereocenters. The molecule has 3 N–H and O–H groups in total. The van der Waals surface area contributed by atoms with E-state index in [2.05, 4.69) is 29.5 Å². The lowest BCUT2D eigenvalue weighted by atomic mass is 10.1. The van der Waals surface area contributed by atoms with Crippen molar-refractivity contribution >= 4 is 0 Å². The third kappa shape index (κ3) is 4.80. The highest BCUT2D eigenvalue weighted by Crippen LogP contribution is 2.02. The first-order valence-corrected chi connectivity index (χ1v) is 6.01. The maximum Gasteiger partial charge on any atom is 0.0964 e. The van der Waals surface area contributed by atoms with E-state index in [1.165, 1.54) is 0 Å². The monoisotopic (exact) mass is 242 g/mol. The number of nitrogens with one attached hydrogen (secondary N) is 1. The molecule has 0 amide bonds. The van der Waals surface area contributed by atoms with E-state index >= 15 is 0 Å². The van der Waals surface area contributed by atoms with Crippen LogP contribution in [-0.2, 0) is 13.1 Å². The number of aliphatic hydroxyl groups excluding tert-OH is 2. The van der Waals surface area contributed by atoms with Crippen LogP contribution in [0.25, 0.3) is 0 Å². The second-order valence-corrected chi connectivity index (χ2v) is 4.46. The van der Waals surface area contributed by atoms with E-state index in [0.29, 0.717) is 25.4 Å². The largest absolute Gasteiger partial charge is 0.396 e. The molecule has 0 saturated heterocycles. The highest BCUT2D eigenvalue weighted by atomic mass is 16.3. The Bertz CT molecular complexity index is 314. The first kappa shape index (κ1) is 14.1. The molecule has 1 heterocycles. The van der Waals surface area contributed by atoms with Crippen LogP contribution in [0.1, 0.15) is 26.0 Å². The van der Waals surface area contributed by atoms with Crippen LogP contribution in [-0.4, -0.2) is 44.5 Å². The minimum atomic E-state index is 0.0811. The van der Waals surface area contributed by atoms with Gasteiger partial charge in [-0.15, -0.1) is 5.10 Å². The van der Waals surface area contributed by atoms with Gasteiger partial charge in [-0.05, 0) is 12.3 Å². The van der Waals surface area contributed by atoms with Gasteiger partial charge in [0.1, 0.15) is 0 Å². The van der Waals surface area contributed by atoms with Gasteiger partial charge in [0.05, 0.1) is 12.3 Å². The lowest BCUT2D eigenvalue weighted by Crippen LogP contribution is -2.36. The molecule has 98 valence electrons. The molecule has 0 bridgehead atoms. The van der Waals surface area contributed by atoms with Gasteiger partial charge >= 0.3 is 0 Å². The number of rotatable bonds is 8. The van der Waals surface area contributed by atoms with Gasteiger partial charge < -0.3 is 15.5 Å². The van der Waals surface area contributed by atoms with E-state index in [0.717, 1.165) is 5.69 Å². The molecule has 0 aromatic carbocycles. The van der Waals surface area contributed by atoms with Crippen LogP contribution < -0.4 is 5.32 Å². The second kappa shape index (κ2) is 7.37. The molecule has 0 radical (unpaired) electrons. The lowest BCUT2D eigenvalue weighted by Gasteiger charge is -2.18. The summed E-state index contributed by atoms with van der Waals surface area (Å²) in [4.78, 5) is 0. The van der Waals surface area contributed by atoms with Gasteiger partial charge in [-0.25, -0.2) is 0 Å². The van der Waals surface area contributed by atoms with Crippen molar-refractivity contribution in [3.05, 3.63) is 11.9 Å². The summed E-state index contributed by atoms with van der Waals surface area (Å²) in [5, 5.41) is 29.1. The Morgan fingerprint density at radius 2 is 2.18 bits per heavy atom. The predicted octanol–water partition coefficient (Wildman–Crippen LogP) is -0.233. The predicted molar refractivity (Wildman–Crippen MR) is 64.3 cm³/mol. The second-order valence-electron chi connectivity index (χ2n) is 4.46. The summed E-state index contributed by atoms with van der Waals surface area (Å²) in [7, 11) is 0. The zero-order valence-corrected chi connectivity index (χ0v) is 10.5. The maximum absolute atomic E-state index is 9.16. The average molecular weight is 242 g/mol. The third-order valence-corrected chi connectivity index (χ3v) is 2.68. The zero-order chi connectivity index (χ0) is 12.7. The topological polar surface area (TPSA) is 83.2 Å². The highest BCUT2D eigenvalue weighted by molar-refractivity contribution is 4.92. The summed E-state index contributed by atoms with van der Waals surface area (Å²) in [5.74, 6) is 0.379. The molecule has 0 spiro atoms. The number of nitrogens with zero attached hydrogens (tertiary/aromatic N) is 3. The van der Waals surface area contributed by atoms with Crippen LogP contribution in [0.4, 0.5) is 0 Å². The first-order chi connectivity index (χ1) is 8.17. The Kier molecular flexibility index (Phi) is 6.10. The van der Waals surface area contributed by atoms with E-state index in [-0.39, 0.29) is 19.3 Å². The van der Waals surface area contributed by atoms with E-state index < -0.39 is 0 Å². The van der Waals surface area contributed by atoms with Crippen molar-refractivity contribution in [2.45, 2.75) is 39.4 Å². The Labute approximate surface area is 102 Å². The first-order valence-electron chi connectivity index (χ1n) is 6.01. The van der Waals surface area contributed by atoms with Crippen LogP contribution in [0.15, 0.2) is 6.20 Å². The quantitative estimate of drug-likeness (QED) is 0.586. The van der Waals surface area contributed by atoms with Crippen LogP contribution in [0.3, 0.4) is 0 Å². The Hall–Kier alpha value is -0.980. The van der Waals surface area contributed by atoms with Crippen molar-refractivity contribution in [2.75, 3.05) is 13.2 Å². The summed E-state index contributed by atoms with van der Waals surface area (Å²) in [6, 6.07) is 0.0811. The molecule has 0 aliphatic rings. The molecule has 6 nitrogen and oxygen atoms in total. The van der Waals surface area contributed by atoms with E-state index in [1.54, 1.807) is 4.68 Å². The Balaban J connectivity index is 2.38. The van der Waals surface area contributed by atoms with Crippen LogP contribution in [0, 0.1) is 5.92 Å². The van der Waals surface area contributed by atoms with Gasteiger partial charge in [0, 0.05) is 31.9 Å². The molecule has 0 aliphatic carbocycles. The van der Waals surface area contributed by atoms with Gasteiger partial charge in [0.25, 0.3) is 0 Å². The van der Waals surface area contributed by atoms with Crippen LogP contribution in [0.5, 0.6) is 0 Å². The van der Waals surface area contributed by atoms with Crippen molar-refractivity contribution in [1.29, 1.82) is 0 Å². The lowest BCUT2D eigenvalue weighted by molar-refractivity contribution is 0.209. The smallest absolute Gasteiger partial charge is 0.0964 e. The summed E-state index contributed by atoms with van der Waals surface area (Å²) < 4.78 is 1.72. The summed E-state index contributed by atoms with van der Waals surface area (Å²) in [6.45, 7) is 5.68. The number of aryl methyl sites for hydroxylation is 1. The van der Waals surface area contributed by atoms with Gasteiger partial charge in [0.2, 0.25) is 0 Å². The van der Waals surface area contributed by atoms with Gasteiger partial charge in [-0.3, -0.25) is 4.68 Å². The number of hydrogen-bond acceptors (Lipinski definition) is 5. The Morgan fingerprint density at radius 3 is 2.76 bits per heavy atom. The molecule has 0 saturated carbocycles. The molecule has 0 aliphatic heterocycles. The minimum Gasteiger partial charge on any atom is -0.396 e. The number of hydrogen-bond donors (Lipinski definition) is 3. The highest BCUT2D eigenvalue weighted by Gasteiger charge is 2.11. The number of aromatic nitrogens is 3. The zero-order valence-electron chi connectivity index (χ0n) is 10.5. The van der Waals surface area contributed by atoms with E-state index in [9.17, 15) is 0 Å². The van der Waals surface area contributed by atoms with Crippen molar-refractivity contribution in [3.8, 4) is 0 Å². The van der Waals surface area contributed by atoms with Crippen molar-refractivity contribution < 1.29 is 10.2 Å². The molecule has 1 aromatic rings. The molecular weight excluding hydrogens is 220 g/mol. The molecule has 1 rings (SSSR count). The van der Waals surface area contributed by atoms with Crippen molar-refractivity contribution in [3.63, 3.8) is 0 Å². The van der Waals surface area contributed by atoms with E-state index in [1.807, 2.05) is 6.20 Å². The Morgan fingerprint density at radius 1 is 1.41 bits per heavy atom. The fraction of sp³-hybridized carbons (Fsp3) is 0.818.